The molecule has 1 unspecified atom stereocenters. The summed E-state index contributed by atoms with van der Waals surface area (Å²) in [5.74, 6) is 1.15. The van der Waals surface area contributed by atoms with E-state index in [1.807, 2.05) is 30.3 Å². The highest BCUT2D eigenvalue weighted by Crippen LogP contribution is 2.34. The summed E-state index contributed by atoms with van der Waals surface area (Å²) in [7, 11) is 0. The van der Waals surface area contributed by atoms with E-state index in [0.29, 0.717) is 18.8 Å². The van der Waals surface area contributed by atoms with E-state index in [-0.39, 0.29) is 5.92 Å². The number of benzene rings is 1. The lowest BCUT2D eigenvalue weighted by atomic mass is 9.93. The maximum absolute atomic E-state index is 12.1. The number of ketones is 1. The zero-order chi connectivity index (χ0) is 12.8. The number of fused-ring (bicyclic) bond motifs is 1. The van der Waals surface area contributed by atoms with Crippen molar-refractivity contribution in [1.82, 2.24) is 0 Å². The molecule has 0 saturated heterocycles. The van der Waals surface area contributed by atoms with Gasteiger partial charge in [0.1, 0.15) is 18.1 Å². The minimum Gasteiger partial charge on any atom is -0.492 e. The molecule has 1 aromatic carbocycles. The monoisotopic (exact) mass is 244 g/mol. The van der Waals surface area contributed by atoms with Crippen molar-refractivity contribution in [2.75, 3.05) is 6.61 Å². The van der Waals surface area contributed by atoms with Crippen LogP contribution in [0, 0.1) is 0 Å². The van der Waals surface area contributed by atoms with Crippen LogP contribution in [0.2, 0.25) is 0 Å². The summed E-state index contributed by atoms with van der Waals surface area (Å²) in [5, 5.41) is 0. The summed E-state index contributed by atoms with van der Waals surface area (Å²) < 4.78 is 5.54. The van der Waals surface area contributed by atoms with Crippen LogP contribution in [0.15, 0.2) is 36.9 Å². The van der Waals surface area contributed by atoms with Crippen molar-refractivity contribution in [2.24, 2.45) is 0 Å². The Labute approximate surface area is 109 Å². The van der Waals surface area contributed by atoms with E-state index in [1.54, 1.807) is 0 Å². The van der Waals surface area contributed by atoms with Crippen LogP contribution in [0.1, 0.15) is 43.6 Å². The maximum Gasteiger partial charge on any atom is 0.143 e. The number of hydrogen-bond acceptors (Lipinski definition) is 2. The molecule has 18 heavy (non-hydrogen) atoms. The van der Waals surface area contributed by atoms with E-state index in [9.17, 15) is 4.79 Å². The SMILES string of the molecule is C=CCCCCCC(=O)C1COc2ccccc21. The van der Waals surface area contributed by atoms with Crippen molar-refractivity contribution in [3.63, 3.8) is 0 Å². The Morgan fingerprint density at radius 3 is 3.00 bits per heavy atom. The fourth-order valence-electron chi connectivity index (χ4n) is 2.37. The smallest absolute Gasteiger partial charge is 0.143 e. The second kappa shape index (κ2) is 6.39. The molecule has 0 radical (unpaired) electrons. The Morgan fingerprint density at radius 2 is 2.17 bits per heavy atom. The number of hydrogen-bond donors (Lipinski definition) is 0. The predicted octanol–water partition coefficient (Wildman–Crippen LogP) is 3.87. The molecular weight excluding hydrogens is 224 g/mol. The average molecular weight is 244 g/mol. The molecule has 0 saturated carbocycles. The molecule has 0 aromatic heterocycles. The van der Waals surface area contributed by atoms with E-state index in [2.05, 4.69) is 6.58 Å². The first-order valence-electron chi connectivity index (χ1n) is 6.68. The van der Waals surface area contributed by atoms with Gasteiger partial charge in [-0.3, -0.25) is 4.79 Å². The highest BCUT2D eigenvalue weighted by molar-refractivity contribution is 5.87. The molecule has 0 spiro atoms. The number of carbonyl (C=O) groups is 1. The largest absolute Gasteiger partial charge is 0.492 e. The molecular formula is C16H20O2. The second-order valence-electron chi connectivity index (χ2n) is 4.76. The number of unbranched alkanes of at least 4 members (excludes halogenated alkanes) is 3. The Bertz CT molecular complexity index is 423. The molecule has 1 heterocycles. The van der Waals surface area contributed by atoms with E-state index in [0.717, 1.165) is 37.0 Å². The van der Waals surface area contributed by atoms with Crippen LogP contribution in [0.5, 0.6) is 5.75 Å². The number of allylic oxidation sites excluding steroid dienone is 1. The highest BCUT2D eigenvalue weighted by Gasteiger charge is 2.28. The van der Waals surface area contributed by atoms with Crippen molar-refractivity contribution in [3.05, 3.63) is 42.5 Å². The number of rotatable bonds is 7. The van der Waals surface area contributed by atoms with Crippen molar-refractivity contribution in [3.8, 4) is 5.75 Å². The fourth-order valence-corrected chi connectivity index (χ4v) is 2.37. The number of para-hydroxylation sites is 1. The van der Waals surface area contributed by atoms with E-state index < -0.39 is 0 Å². The molecule has 0 fully saturated rings. The molecule has 2 nitrogen and oxygen atoms in total. The predicted molar refractivity (Wildman–Crippen MR) is 73.0 cm³/mol. The average Bonchev–Trinajstić information content (AvgIpc) is 2.82. The molecule has 1 aliphatic heterocycles. The van der Waals surface area contributed by atoms with Crippen molar-refractivity contribution in [2.45, 2.75) is 38.0 Å². The summed E-state index contributed by atoms with van der Waals surface area (Å²) in [6.07, 6.45) is 6.86. The Hall–Kier alpha value is -1.57. The van der Waals surface area contributed by atoms with Crippen LogP contribution in [0.25, 0.3) is 0 Å². The van der Waals surface area contributed by atoms with Gasteiger partial charge in [-0.05, 0) is 25.3 Å². The molecule has 2 rings (SSSR count). The topological polar surface area (TPSA) is 26.3 Å². The quantitative estimate of drug-likeness (QED) is 0.537. The lowest BCUT2D eigenvalue weighted by Crippen LogP contribution is -2.13. The normalized spacial score (nSPS) is 17.0. The van der Waals surface area contributed by atoms with Crippen molar-refractivity contribution >= 4 is 5.78 Å². The van der Waals surface area contributed by atoms with Gasteiger partial charge in [-0.15, -0.1) is 6.58 Å². The van der Waals surface area contributed by atoms with Gasteiger partial charge in [-0.2, -0.15) is 0 Å². The summed E-state index contributed by atoms with van der Waals surface area (Å²) in [5.41, 5.74) is 1.06. The molecule has 96 valence electrons. The van der Waals surface area contributed by atoms with Crippen molar-refractivity contribution in [1.29, 1.82) is 0 Å². The number of carbonyl (C=O) groups excluding carboxylic acids is 1. The van der Waals surface area contributed by atoms with Gasteiger partial charge in [0.15, 0.2) is 0 Å². The fraction of sp³-hybridized carbons (Fsp3) is 0.438. The third-order valence-electron chi connectivity index (χ3n) is 3.42. The summed E-state index contributed by atoms with van der Waals surface area (Å²) in [6, 6.07) is 7.86. The van der Waals surface area contributed by atoms with E-state index in [4.69, 9.17) is 4.74 Å². The van der Waals surface area contributed by atoms with Gasteiger partial charge in [0, 0.05) is 12.0 Å². The highest BCUT2D eigenvalue weighted by atomic mass is 16.5. The van der Waals surface area contributed by atoms with E-state index >= 15 is 0 Å². The zero-order valence-corrected chi connectivity index (χ0v) is 10.7. The summed E-state index contributed by atoms with van der Waals surface area (Å²) in [6.45, 7) is 4.22. The molecule has 0 bridgehead atoms. The lowest BCUT2D eigenvalue weighted by Gasteiger charge is -2.07. The van der Waals surface area contributed by atoms with E-state index in [1.165, 1.54) is 0 Å². The van der Waals surface area contributed by atoms with Gasteiger partial charge < -0.3 is 4.74 Å². The third-order valence-corrected chi connectivity index (χ3v) is 3.42. The molecule has 1 aliphatic rings. The first-order valence-corrected chi connectivity index (χ1v) is 6.68. The van der Waals surface area contributed by atoms with Crippen LogP contribution in [0.3, 0.4) is 0 Å². The van der Waals surface area contributed by atoms with Crippen LogP contribution < -0.4 is 4.74 Å². The van der Waals surface area contributed by atoms with Crippen LogP contribution >= 0.6 is 0 Å². The van der Waals surface area contributed by atoms with Gasteiger partial charge in [0.25, 0.3) is 0 Å². The van der Waals surface area contributed by atoms with Gasteiger partial charge in [-0.25, -0.2) is 0 Å². The Morgan fingerprint density at radius 1 is 1.33 bits per heavy atom. The third kappa shape index (κ3) is 3.00. The molecule has 0 aliphatic carbocycles. The standard InChI is InChI=1S/C16H20O2/c1-2-3-4-5-6-10-15(17)14-12-18-16-11-8-7-9-13(14)16/h2,7-9,11,14H,1,3-6,10,12H2. The van der Waals surface area contributed by atoms with Gasteiger partial charge in [0.05, 0.1) is 5.92 Å². The first-order chi connectivity index (χ1) is 8.83. The molecule has 0 amide bonds. The maximum atomic E-state index is 12.1. The van der Waals surface area contributed by atoms with Gasteiger partial charge >= 0.3 is 0 Å². The molecule has 1 aromatic rings. The van der Waals surface area contributed by atoms with Crippen LogP contribution in [-0.4, -0.2) is 12.4 Å². The number of Topliss-reactive ketones (excluding diaryl/α,β-unsaturated/α-hetero) is 1. The second-order valence-corrected chi connectivity index (χ2v) is 4.76. The van der Waals surface area contributed by atoms with Crippen LogP contribution in [-0.2, 0) is 4.79 Å². The zero-order valence-electron chi connectivity index (χ0n) is 10.7. The lowest BCUT2D eigenvalue weighted by molar-refractivity contribution is -0.120. The molecule has 0 N–H and O–H groups in total. The Balaban J connectivity index is 1.82. The molecule has 2 heteroatoms. The summed E-state index contributed by atoms with van der Waals surface area (Å²) in [4.78, 5) is 12.1. The Kier molecular flexibility index (Phi) is 4.57. The first kappa shape index (κ1) is 12.9. The van der Waals surface area contributed by atoms with Crippen LogP contribution in [0.4, 0.5) is 0 Å². The van der Waals surface area contributed by atoms with Crippen molar-refractivity contribution < 1.29 is 9.53 Å². The van der Waals surface area contributed by atoms with Gasteiger partial charge in [-0.1, -0.05) is 30.7 Å². The summed E-state index contributed by atoms with van der Waals surface area (Å²) >= 11 is 0. The molecule has 1 atom stereocenters. The minimum absolute atomic E-state index is 0.0411. The minimum atomic E-state index is -0.0411. The van der Waals surface area contributed by atoms with Gasteiger partial charge in [0.2, 0.25) is 0 Å². The number of ether oxygens (including phenoxy) is 1.